The Kier molecular flexibility index (Phi) is 3.69. The Bertz CT molecular complexity index is 425. The molecule has 2 atom stereocenters. The number of carboxylic acid groups (broad SMARTS) is 1. The molecule has 3 N–H and O–H groups in total. The van der Waals surface area contributed by atoms with Crippen LogP contribution in [0.1, 0.15) is 12.0 Å². The zero-order valence-corrected chi connectivity index (χ0v) is 10.9. The number of amides is 1. The highest BCUT2D eigenvalue weighted by Gasteiger charge is 2.34. The van der Waals surface area contributed by atoms with E-state index in [1.807, 2.05) is 24.3 Å². The van der Waals surface area contributed by atoms with E-state index in [0.29, 0.717) is 13.0 Å². The average Bonchev–Trinajstić information content (AvgIpc) is 2.61. The van der Waals surface area contributed by atoms with Crippen LogP contribution < -0.4 is 5.73 Å². The van der Waals surface area contributed by atoms with E-state index >= 15 is 0 Å². The number of nitrogens with two attached hydrogens (primary N) is 1. The molecule has 92 valence electrons. The van der Waals surface area contributed by atoms with Crippen LogP contribution in [-0.4, -0.2) is 34.7 Å². The van der Waals surface area contributed by atoms with E-state index in [4.69, 9.17) is 10.8 Å². The van der Waals surface area contributed by atoms with Crippen molar-refractivity contribution in [3.8, 4) is 0 Å². The monoisotopic (exact) mass is 298 g/mol. The Morgan fingerprint density at radius 2 is 2.35 bits per heavy atom. The Morgan fingerprint density at radius 3 is 3.00 bits per heavy atom. The normalized spacial score (nSPS) is 24.0. The van der Waals surface area contributed by atoms with Gasteiger partial charge < -0.3 is 15.7 Å². The standard InChI is InChI=1S/C12H15BrN2O2/c13-9-3-1-2-8(6-9)7-11-10(14)4-5-15(11)12(16)17/h1-3,6,10-11H,4-5,7,14H2,(H,16,17)/t10-,11-/m1/s1. The minimum absolute atomic E-state index is 0.0647. The Morgan fingerprint density at radius 1 is 1.59 bits per heavy atom. The first-order valence-electron chi connectivity index (χ1n) is 5.57. The molecule has 0 spiro atoms. The molecule has 1 heterocycles. The number of benzene rings is 1. The van der Waals surface area contributed by atoms with Gasteiger partial charge in [0.15, 0.2) is 0 Å². The van der Waals surface area contributed by atoms with Gasteiger partial charge in [0.1, 0.15) is 0 Å². The highest BCUT2D eigenvalue weighted by atomic mass is 79.9. The predicted octanol–water partition coefficient (Wildman–Crippen LogP) is 2.07. The summed E-state index contributed by atoms with van der Waals surface area (Å²) in [6.07, 6.45) is 0.538. The van der Waals surface area contributed by atoms with Crippen LogP contribution in [-0.2, 0) is 6.42 Å². The van der Waals surface area contributed by atoms with E-state index < -0.39 is 6.09 Å². The molecule has 0 aliphatic carbocycles. The van der Waals surface area contributed by atoms with Crippen LogP contribution >= 0.6 is 15.9 Å². The quantitative estimate of drug-likeness (QED) is 0.878. The van der Waals surface area contributed by atoms with Crippen LogP contribution in [0.3, 0.4) is 0 Å². The minimum Gasteiger partial charge on any atom is -0.465 e. The zero-order valence-electron chi connectivity index (χ0n) is 9.34. The van der Waals surface area contributed by atoms with E-state index in [2.05, 4.69) is 15.9 Å². The van der Waals surface area contributed by atoms with Crippen molar-refractivity contribution in [2.45, 2.75) is 24.9 Å². The summed E-state index contributed by atoms with van der Waals surface area (Å²) in [7, 11) is 0. The second-order valence-corrected chi connectivity index (χ2v) is 5.25. The molecule has 2 rings (SSSR count). The molecule has 4 nitrogen and oxygen atoms in total. The van der Waals surface area contributed by atoms with Crippen molar-refractivity contribution >= 4 is 22.0 Å². The van der Waals surface area contributed by atoms with E-state index in [1.165, 1.54) is 4.90 Å². The van der Waals surface area contributed by atoms with Gasteiger partial charge in [0.2, 0.25) is 0 Å². The number of likely N-dealkylation sites (tertiary alicyclic amines) is 1. The number of hydrogen-bond donors (Lipinski definition) is 2. The summed E-state index contributed by atoms with van der Waals surface area (Å²) in [6.45, 7) is 0.537. The zero-order chi connectivity index (χ0) is 12.4. The number of hydrogen-bond acceptors (Lipinski definition) is 2. The van der Waals surface area contributed by atoms with Gasteiger partial charge in [-0.25, -0.2) is 4.79 Å². The molecule has 5 heteroatoms. The molecule has 1 aromatic carbocycles. The van der Waals surface area contributed by atoms with Crippen molar-refractivity contribution in [1.82, 2.24) is 4.90 Å². The Labute approximate surface area is 109 Å². The highest BCUT2D eigenvalue weighted by Crippen LogP contribution is 2.22. The molecule has 17 heavy (non-hydrogen) atoms. The molecule has 0 saturated carbocycles. The van der Waals surface area contributed by atoms with Crippen molar-refractivity contribution in [2.24, 2.45) is 5.73 Å². The number of carbonyl (C=O) groups is 1. The summed E-state index contributed by atoms with van der Waals surface area (Å²) < 4.78 is 1.00. The van der Waals surface area contributed by atoms with Crippen molar-refractivity contribution in [3.63, 3.8) is 0 Å². The van der Waals surface area contributed by atoms with Gasteiger partial charge in [-0.3, -0.25) is 0 Å². The fourth-order valence-electron chi connectivity index (χ4n) is 2.28. The lowest BCUT2D eigenvalue weighted by Gasteiger charge is -2.24. The number of rotatable bonds is 2. The van der Waals surface area contributed by atoms with Crippen molar-refractivity contribution < 1.29 is 9.90 Å². The summed E-state index contributed by atoms with van der Waals surface area (Å²) in [4.78, 5) is 12.5. The van der Waals surface area contributed by atoms with E-state index in [1.54, 1.807) is 0 Å². The first-order valence-corrected chi connectivity index (χ1v) is 6.37. The average molecular weight is 299 g/mol. The smallest absolute Gasteiger partial charge is 0.407 e. The summed E-state index contributed by atoms with van der Waals surface area (Å²) in [5.74, 6) is 0. The molecule has 1 aliphatic rings. The molecule has 1 amide bonds. The van der Waals surface area contributed by atoms with Crippen LogP contribution in [0.15, 0.2) is 28.7 Å². The van der Waals surface area contributed by atoms with Crippen LogP contribution in [0.25, 0.3) is 0 Å². The summed E-state index contributed by atoms with van der Waals surface area (Å²) in [5.41, 5.74) is 7.08. The van der Waals surface area contributed by atoms with Gasteiger partial charge in [-0.15, -0.1) is 0 Å². The highest BCUT2D eigenvalue weighted by molar-refractivity contribution is 9.10. The molecular weight excluding hydrogens is 284 g/mol. The van der Waals surface area contributed by atoms with E-state index in [0.717, 1.165) is 16.5 Å². The number of nitrogens with zero attached hydrogens (tertiary/aromatic N) is 1. The summed E-state index contributed by atoms with van der Waals surface area (Å²) in [5, 5.41) is 9.10. The SMILES string of the molecule is N[C@@H]1CCN(C(=O)O)[C@@H]1Cc1cccc(Br)c1. The van der Waals surface area contributed by atoms with Gasteiger partial charge in [0.05, 0.1) is 6.04 Å². The van der Waals surface area contributed by atoms with Crippen molar-refractivity contribution in [3.05, 3.63) is 34.3 Å². The van der Waals surface area contributed by atoms with Gasteiger partial charge in [0.25, 0.3) is 0 Å². The first-order chi connectivity index (χ1) is 8.08. The number of halogens is 1. The fourth-order valence-corrected chi connectivity index (χ4v) is 2.73. The topological polar surface area (TPSA) is 66.6 Å². The molecule has 0 aromatic heterocycles. The maximum atomic E-state index is 11.1. The molecular formula is C12H15BrN2O2. The van der Waals surface area contributed by atoms with Crippen LogP contribution in [0.5, 0.6) is 0 Å². The third-order valence-corrected chi connectivity index (χ3v) is 3.67. The first kappa shape index (κ1) is 12.4. The largest absolute Gasteiger partial charge is 0.465 e. The molecule has 1 fully saturated rings. The van der Waals surface area contributed by atoms with Gasteiger partial charge in [0, 0.05) is 17.1 Å². The third-order valence-electron chi connectivity index (χ3n) is 3.18. The lowest BCUT2D eigenvalue weighted by Crippen LogP contribution is -2.43. The Balaban J connectivity index is 2.13. The lowest BCUT2D eigenvalue weighted by molar-refractivity contribution is 0.138. The maximum Gasteiger partial charge on any atom is 0.407 e. The lowest BCUT2D eigenvalue weighted by atomic mass is 10.0. The second-order valence-electron chi connectivity index (χ2n) is 4.33. The summed E-state index contributed by atoms with van der Waals surface area (Å²) >= 11 is 3.41. The predicted molar refractivity (Wildman–Crippen MR) is 69.0 cm³/mol. The van der Waals surface area contributed by atoms with E-state index in [9.17, 15) is 4.79 Å². The molecule has 0 radical (unpaired) electrons. The van der Waals surface area contributed by atoms with Gasteiger partial charge in [-0.05, 0) is 30.5 Å². The fraction of sp³-hybridized carbons (Fsp3) is 0.417. The second kappa shape index (κ2) is 5.06. The van der Waals surface area contributed by atoms with Gasteiger partial charge in [-0.2, -0.15) is 0 Å². The van der Waals surface area contributed by atoms with Crippen LogP contribution in [0.2, 0.25) is 0 Å². The van der Waals surface area contributed by atoms with Crippen molar-refractivity contribution in [1.29, 1.82) is 0 Å². The van der Waals surface area contributed by atoms with Crippen LogP contribution in [0, 0.1) is 0 Å². The van der Waals surface area contributed by atoms with Crippen LogP contribution in [0.4, 0.5) is 4.79 Å². The molecule has 0 bridgehead atoms. The summed E-state index contributed by atoms with van der Waals surface area (Å²) in [6, 6.07) is 7.73. The molecule has 0 unspecified atom stereocenters. The Hall–Kier alpha value is -1.07. The molecule has 1 aliphatic heterocycles. The molecule has 1 saturated heterocycles. The van der Waals surface area contributed by atoms with E-state index in [-0.39, 0.29) is 12.1 Å². The molecule has 1 aromatic rings. The van der Waals surface area contributed by atoms with Crippen molar-refractivity contribution in [2.75, 3.05) is 6.54 Å². The maximum absolute atomic E-state index is 11.1. The van der Waals surface area contributed by atoms with Gasteiger partial charge >= 0.3 is 6.09 Å². The third kappa shape index (κ3) is 2.79. The minimum atomic E-state index is -0.877. The van der Waals surface area contributed by atoms with Gasteiger partial charge in [-0.1, -0.05) is 28.1 Å².